The molecule has 0 radical (unpaired) electrons. The van der Waals surface area contributed by atoms with Crippen LogP contribution in [0.15, 0.2) is 18.2 Å². The number of amides is 1. The first kappa shape index (κ1) is 15.2. The molecule has 0 spiro atoms. The summed E-state index contributed by atoms with van der Waals surface area (Å²) in [5, 5.41) is 2.82. The van der Waals surface area contributed by atoms with Crippen LogP contribution in [0.25, 0.3) is 0 Å². The van der Waals surface area contributed by atoms with E-state index in [4.69, 9.17) is 10.5 Å². The standard InChI is InChI=1S/C15H20N2O2/c1-3-9-19-11-15(18)17-14-10-13(5-4-8-16)7-6-12(14)2/h6-7,10H,3,8-9,11,16H2,1-2H3,(H,17,18). The highest BCUT2D eigenvalue weighted by Crippen LogP contribution is 2.16. The second kappa shape index (κ2) is 8.30. The van der Waals surface area contributed by atoms with E-state index in [-0.39, 0.29) is 12.5 Å². The van der Waals surface area contributed by atoms with Crippen molar-refractivity contribution in [1.82, 2.24) is 0 Å². The van der Waals surface area contributed by atoms with Crippen molar-refractivity contribution >= 4 is 11.6 Å². The van der Waals surface area contributed by atoms with Gasteiger partial charge < -0.3 is 15.8 Å². The summed E-state index contributed by atoms with van der Waals surface area (Å²) in [5.41, 5.74) is 7.91. The van der Waals surface area contributed by atoms with E-state index < -0.39 is 0 Å². The van der Waals surface area contributed by atoms with Crippen molar-refractivity contribution in [2.75, 3.05) is 25.1 Å². The quantitative estimate of drug-likeness (QED) is 0.625. The Morgan fingerprint density at radius 3 is 2.95 bits per heavy atom. The number of hydrogen-bond acceptors (Lipinski definition) is 3. The zero-order valence-electron chi connectivity index (χ0n) is 11.5. The van der Waals surface area contributed by atoms with E-state index in [1.807, 2.05) is 32.0 Å². The SMILES string of the molecule is CCCOCC(=O)Nc1cc(C#CCN)ccc1C. The van der Waals surface area contributed by atoms with Gasteiger partial charge in [0, 0.05) is 17.9 Å². The van der Waals surface area contributed by atoms with Crippen LogP contribution < -0.4 is 11.1 Å². The van der Waals surface area contributed by atoms with Gasteiger partial charge in [0.15, 0.2) is 0 Å². The van der Waals surface area contributed by atoms with Crippen LogP contribution in [0.3, 0.4) is 0 Å². The van der Waals surface area contributed by atoms with Crippen molar-refractivity contribution in [2.45, 2.75) is 20.3 Å². The van der Waals surface area contributed by atoms with Gasteiger partial charge in [-0.1, -0.05) is 24.8 Å². The summed E-state index contributed by atoms with van der Waals surface area (Å²) in [5.74, 6) is 5.57. The molecule has 4 heteroatoms. The third-order valence-corrected chi connectivity index (χ3v) is 2.43. The Kier molecular flexibility index (Phi) is 6.65. The van der Waals surface area contributed by atoms with Gasteiger partial charge in [-0.2, -0.15) is 0 Å². The molecule has 0 heterocycles. The van der Waals surface area contributed by atoms with Gasteiger partial charge in [0.1, 0.15) is 6.61 Å². The minimum Gasteiger partial charge on any atom is -0.372 e. The smallest absolute Gasteiger partial charge is 0.250 e. The van der Waals surface area contributed by atoms with E-state index in [0.717, 1.165) is 23.2 Å². The number of anilines is 1. The average Bonchev–Trinajstić information content (AvgIpc) is 2.40. The molecule has 0 aliphatic carbocycles. The maximum Gasteiger partial charge on any atom is 0.250 e. The molecule has 1 amide bonds. The topological polar surface area (TPSA) is 64.3 Å². The van der Waals surface area contributed by atoms with Crippen molar-refractivity contribution in [2.24, 2.45) is 5.73 Å². The highest BCUT2D eigenvalue weighted by molar-refractivity contribution is 5.92. The lowest BCUT2D eigenvalue weighted by Crippen LogP contribution is -2.19. The molecule has 3 N–H and O–H groups in total. The van der Waals surface area contributed by atoms with Gasteiger partial charge in [0.05, 0.1) is 6.54 Å². The predicted molar refractivity (Wildman–Crippen MR) is 76.9 cm³/mol. The molecule has 4 nitrogen and oxygen atoms in total. The van der Waals surface area contributed by atoms with Crippen molar-refractivity contribution in [3.05, 3.63) is 29.3 Å². The van der Waals surface area contributed by atoms with E-state index in [9.17, 15) is 4.79 Å². The van der Waals surface area contributed by atoms with E-state index in [1.54, 1.807) is 0 Å². The molecule has 1 aromatic carbocycles. The van der Waals surface area contributed by atoms with Gasteiger partial charge in [-0.3, -0.25) is 4.79 Å². The van der Waals surface area contributed by atoms with Crippen molar-refractivity contribution < 1.29 is 9.53 Å². The Labute approximate surface area is 114 Å². The number of rotatable bonds is 5. The maximum atomic E-state index is 11.7. The summed E-state index contributed by atoms with van der Waals surface area (Å²) < 4.78 is 5.20. The summed E-state index contributed by atoms with van der Waals surface area (Å²) in [4.78, 5) is 11.7. The highest BCUT2D eigenvalue weighted by atomic mass is 16.5. The molecule has 19 heavy (non-hydrogen) atoms. The number of aryl methyl sites for hydroxylation is 1. The Hall–Kier alpha value is -1.83. The van der Waals surface area contributed by atoms with Crippen LogP contribution in [0.1, 0.15) is 24.5 Å². The van der Waals surface area contributed by atoms with Gasteiger partial charge in [0.25, 0.3) is 0 Å². The number of nitrogens with two attached hydrogens (primary N) is 1. The van der Waals surface area contributed by atoms with Crippen LogP contribution in [0, 0.1) is 18.8 Å². The third-order valence-electron chi connectivity index (χ3n) is 2.43. The number of nitrogens with one attached hydrogen (secondary N) is 1. The fraction of sp³-hybridized carbons (Fsp3) is 0.400. The normalized spacial score (nSPS) is 9.63. The van der Waals surface area contributed by atoms with Crippen LogP contribution in [0.5, 0.6) is 0 Å². The molecular formula is C15H20N2O2. The average molecular weight is 260 g/mol. The molecule has 0 bridgehead atoms. The molecule has 0 atom stereocenters. The lowest BCUT2D eigenvalue weighted by atomic mass is 10.1. The summed E-state index contributed by atoms with van der Waals surface area (Å²) in [6.07, 6.45) is 0.899. The summed E-state index contributed by atoms with van der Waals surface area (Å²) in [7, 11) is 0. The fourth-order valence-corrected chi connectivity index (χ4v) is 1.48. The second-order valence-corrected chi connectivity index (χ2v) is 4.14. The molecule has 1 aromatic rings. The molecule has 0 saturated carbocycles. The first-order valence-corrected chi connectivity index (χ1v) is 6.34. The molecule has 1 rings (SSSR count). The molecule has 0 aromatic heterocycles. The number of hydrogen-bond donors (Lipinski definition) is 2. The Balaban J connectivity index is 2.68. The maximum absolute atomic E-state index is 11.7. The Bertz CT molecular complexity index is 487. The highest BCUT2D eigenvalue weighted by Gasteiger charge is 2.05. The number of ether oxygens (including phenoxy) is 1. The first-order chi connectivity index (χ1) is 9.17. The minimum absolute atomic E-state index is 0.0754. The van der Waals surface area contributed by atoms with E-state index in [1.165, 1.54) is 0 Å². The van der Waals surface area contributed by atoms with Gasteiger partial charge >= 0.3 is 0 Å². The van der Waals surface area contributed by atoms with Crippen molar-refractivity contribution in [3.63, 3.8) is 0 Å². The van der Waals surface area contributed by atoms with Crippen molar-refractivity contribution in [1.29, 1.82) is 0 Å². The molecule has 0 aliphatic heterocycles. The molecular weight excluding hydrogens is 240 g/mol. The molecule has 0 fully saturated rings. The Morgan fingerprint density at radius 2 is 2.26 bits per heavy atom. The molecule has 0 unspecified atom stereocenters. The summed E-state index contributed by atoms with van der Waals surface area (Å²) >= 11 is 0. The van der Waals surface area contributed by atoms with Crippen LogP contribution >= 0.6 is 0 Å². The minimum atomic E-state index is -0.152. The van der Waals surface area contributed by atoms with Gasteiger partial charge in [-0.25, -0.2) is 0 Å². The van der Waals surface area contributed by atoms with Crippen LogP contribution in [0.4, 0.5) is 5.69 Å². The first-order valence-electron chi connectivity index (χ1n) is 6.34. The largest absolute Gasteiger partial charge is 0.372 e. The lowest BCUT2D eigenvalue weighted by molar-refractivity contribution is -0.120. The lowest BCUT2D eigenvalue weighted by Gasteiger charge is -2.09. The van der Waals surface area contributed by atoms with Crippen LogP contribution in [-0.4, -0.2) is 25.7 Å². The zero-order chi connectivity index (χ0) is 14.1. The monoisotopic (exact) mass is 260 g/mol. The van der Waals surface area contributed by atoms with Gasteiger partial charge in [-0.15, -0.1) is 0 Å². The van der Waals surface area contributed by atoms with Crippen molar-refractivity contribution in [3.8, 4) is 11.8 Å². The number of carbonyl (C=O) groups excluding carboxylic acids is 1. The number of benzene rings is 1. The molecule has 0 saturated heterocycles. The molecule has 0 aliphatic rings. The third kappa shape index (κ3) is 5.56. The predicted octanol–water partition coefficient (Wildman–Crippen LogP) is 1.67. The second-order valence-electron chi connectivity index (χ2n) is 4.14. The van der Waals surface area contributed by atoms with Crippen LogP contribution in [-0.2, 0) is 9.53 Å². The number of carbonyl (C=O) groups is 1. The zero-order valence-corrected chi connectivity index (χ0v) is 11.5. The molecule has 102 valence electrons. The van der Waals surface area contributed by atoms with Gasteiger partial charge in [-0.05, 0) is 31.0 Å². The Morgan fingerprint density at radius 1 is 1.47 bits per heavy atom. The van der Waals surface area contributed by atoms with E-state index >= 15 is 0 Å². The summed E-state index contributed by atoms with van der Waals surface area (Å²) in [6, 6.07) is 5.67. The fourth-order valence-electron chi connectivity index (χ4n) is 1.48. The van der Waals surface area contributed by atoms with E-state index in [2.05, 4.69) is 17.2 Å². The van der Waals surface area contributed by atoms with Crippen LogP contribution in [0.2, 0.25) is 0 Å². The van der Waals surface area contributed by atoms with E-state index in [0.29, 0.717) is 13.2 Å². The van der Waals surface area contributed by atoms with Gasteiger partial charge in [0.2, 0.25) is 5.91 Å². The summed E-state index contributed by atoms with van der Waals surface area (Å²) in [6.45, 7) is 4.92.